The van der Waals surface area contributed by atoms with Gasteiger partial charge in [-0.05, 0) is 30.2 Å². The molecular formula is C20H20F3N2O3+. The molecule has 5 nitrogen and oxygen atoms in total. The normalized spacial score (nSPS) is 21.3. The number of benzene rings is 2. The van der Waals surface area contributed by atoms with E-state index in [1.165, 1.54) is 0 Å². The zero-order chi connectivity index (χ0) is 19.8. The predicted octanol–water partition coefficient (Wildman–Crippen LogP) is 2.00. The van der Waals surface area contributed by atoms with Gasteiger partial charge in [-0.3, -0.25) is 4.79 Å². The van der Waals surface area contributed by atoms with Crippen LogP contribution in [-0.2, 0) is 11.2 Å². The highest BCUT2D eigenvalue weighted by atomic mass is 19.2. The van der Waals surface area contributed by atoms with Gasteiger partial charge in [0.05, 0.1) is 6.54 Å². The quantitative estimate of drug-likeness (QED) is 0.808. The van der Waals surface area contributed by atoms with Crippen molar-refractivity contribution < 1.29 is 33.2 Å². The minimum absolute atomic E-state index is 0.00247. The van der Waals surface area contributed by atoms with E-state index < -0.39 is 23.4 Å². The topological polar surface area (TPSA) is 66.4 Å². The van der Waals surface area contributed by atoms with Crippen LogP contribution in [0.2, 0.25) is 0 Å². The molecule has 0 radical (unpaired) electrons. The molecule has 0 aromatic heterocycles. The average molecular weight is 393 g/mol. The molecule has 1 saturated heterocycles. The number of quaternary nitrogens is 1. The number of carbonyl (C=O) groups excluding carboxylic acids is 1. The molecule has 0 spiro atoms. The molecule has 0 aliphatic carbocycles. The van der Waals surface area contributed by atoms with Gasteiger partial charge in [-0.25, -0.2) is 13.2 Å². The zero-order valence-corrected chi connectivity index (χ0v) is 15.1. The lowest BCUT2D eigenvalue weighted by Gasteiger charge is -2.34. The molecule has 8 heteroatoms. The number of carbonyl (C=O) groups is 1. The summed E-state index contributed by atoms with van der Waals surface area (Å²) in [6.07, 6.45) is 0.636. The molecule has 2 aliphatic heterocycles. The second-order valence-electron chi connectivity index (χ2n) is 7.14. The second-order valence-corrected chi connectivity index (χ2v) is 7.14. The number of piperidine rings is 1. The summed E-state index contributed by atoms with van der Waals surface area (Å²) in [7, 11) is 0. The molecule has 0 bridgehead atoms. The van der Waals surface area contributed by atoms with Crippen LogP contribution in [0.5, 0.6) is 11.5 Å². The van der Waals surface area contributed by atoms with E-state index in [4.69, 9.17) is 9.47 Å². The van der Waals surface area contributed by atoms with Gasteiger partial charge in [0.15, 0.2) is 23.1 Å². The Balaban J connectivity index is 1.43. The lowest BCUT2D eigenvalue weighted by atomic mass is 9.85. The number of rotatable bonds is 4. The van der Waals surface area contributed by atoms with Crippen molar-refractivity contribution in [3.8, 4) is 11.5 Å². The summed E-state index contributed by atoms with van der Waals surface area (Å²) in [5.41, 5.74) is 5.03. The Labute approximate surface area is 159 Å². The summed E-state index contributed by atoms with van der Waals surface area (Å²) in [5, 5.41) is 0. The van der Waals surface area contributed by atoms with Gasteiger partial charge in [0.25, 0.3) is 0 Å². The van der Waals surface area contributed by atoms with E-state index in [0.717, 1.165) is 11.6 Å². The van der Waals surface area contributed by atoms with Crippen molar-refractivity contribution >= 4 is 5.91 Å². The van der Waals surface area contributed by atoms with E-state index >= 15 is 0 Å². The van der Waals surface area contributed by atoms with Gasteiger partial charge in [0.2, 0.25) is 12.7 Å². The fraction of sp³-hybridized carbons (Fsp3) is 0.350. The molecular weight excluding hydrogens is 373 g/mol. The summed E-state index contributed by atoms with van der Waals surface area (Å²) in [4.78, 5) is 14.2. The SMILES string of the molecule is [NH3+][C@H]1CN(CCc2ccc3c(c2)OCO3)C(=O)C[C@@H]1c1cc(F)c(F)cc1F. The van der Waals surface area contributed by atoms with Crippen LogP contribution in [0.15, 0.2) is 30.3 Å². The van der Waals surface area contributed by atoms with Gasteiger partial charge >= 0.3 is 0 Å². The third-order valence-electron chi connectivity index (χ3n) is 5.32. The number of nitrogens with zero attached hydrogens (tertiary/aromatic N) is 1. The molecule has 2 heterocycles. The molecule has 2 aliphatic rings. The number of ether oxygens (including phenoxy) is 2. The van der Waals surface area contributed by atoms with Crippen molar-refractivity contribution in [1.29, 1.82) is 0 Å². The first-order chi connectivity index (χ1) is 13.4. The Hall–Kier alpha value is -2.74. The number of fused-ring (bicyclic) bond motifs is 1. The average Bonchev–Trinajstić information content (AvgIpc) is 3.13. The van der Waals surface area contributed by atoms with Gasteiger partial charge in [0.1, 0.15) is 11.9 Å². The molecule has 148 valence electrons. The molecule has 2 atom stereocenters. The molecule has 0 unspecified atom stereocenters. The summed E-state index contributed by atoms with van der Waals surface area (Å²) in [5.74, 6) is -2.56. The molecule has 1 fully saturated rings. The van der Waals surface area contributed by atoms with E-state index in [1.54, 1.807) is 4.90 Å². The Kier molecular flexibility index (Phi) is 4.89. The summed E-state index contributed by atoms with van der Waals surface area (Å²) in [6.45, 7) is 1.01. The highest BCUT2D eigenvalue weighted by Crippen LogP contribution is 2.33. The molecule has 3 N–H and O–H groups in total. The van der Waals surface area contributed by atoms with Crippen molar-refractivity contribution in [3.63, 3.8) is 0 Å². The maximum Gasteiger partial charge on any atom is 0.231 e. The van der Waals surface area contributed by atoms with E-state index in [1.807, 2.05) is 18.2 Å². The lowest BCUT2D eigenvalue weighted by Crippen LogP contribution is -2.70. The van der Waals surface area contributed by atoms with Gasteiger partial charge < -0.3 is 20.1 Å². The maximum absolute atomic E-state index is 14.1. The van der Waals surface area contributed by atoms with Crippen molar-refractivity contribution in [2.24, 2.45) is 0 Å². The van der Waals surface area contributed by atoms with Crippen LogP contribution in [0.25, 0.3) is 0 Å². The van der Waals surface area contributed by atoms with Crippen molar-refractivity contribution in [3.05, 3.63) is 58.9 Å². The number of halogens is 3. The van der Waals surface area contributed by atoms with Gasteiger partial charge in [-0.2, -0.15) is 0 Å². The zero-order valence-electron chi connectivity index (χ0n) is 15.1. The third kappa shape index (κ3) is 3.52. The number of hydrogen-bond acceptors (Lipinski definition) is 3. The van der Waals surface area contributed by atoms with Crippen LogP contribution in [0.3, 0.4) is 0 Å². The highest BCUT2D eigenvalue weighted by Gasteiger charge is 2.37. The van der Waals surface area contributed by atoms with Crippen LogP contribution in [0, 0.1) is 17.5 Å². The number of likely N-dealkylation sites (tertiary alicyclic amines) is 1. The van der Waals surface area contributed by atoms with E-state index in [2.05, 4.69) is 5.73 Å². The van der Waals surface area contributed by atoms with Crippen LogP contribution >= 0.6 is 0 Å². The van der Waals surface area contributed by atoms with Crippen LogP contribution in [0.4, 0.5) is 13.2 Å². The Morgan fingerprint density at radius 3 is 2.61 bits per heavy atom. The first-order valence-electron chi connectivity index (χ1n) is 9.06. The van der Waals surface area contributed by atoms with E-state index in [-0.39, 0.29) is 30.7 Å². The monoisotopic (exact) mass is 393 g/mol. The van der Waals surface area contributed by atoms with E-state index in [9.17, 15) is 18.0 Å². The first-order valence-corrected chi connectivity index (χ1v) is 9.06. The Morgan fingerprint density at radius 1 is 1.04 bits per heavy atom. The standard InChI is InChI=1S/C20H19F3N2O3/c21-14-8-16(23)15(22)6-12(14)13-7-20(26)25(9-17(13)24)4-3-11-1-2-18-19(5-11)28-10-27-18/h1-2,5-6,8,13,17H,3-4,7,9-10,24H2/p+1/t13-,17+/m1/s1. The fourth-order valence-electron chi connectivity index (χ4n) is 3.76. The van der Waals surface area contributed by atoms with Crippen molar-refractivity contribution in [1.82, 2.24) is 4.90 Å². The van der Waals surface area contributed by atoms with E-state index in [0.29, 0.717) is 37.1 Å². The van der Waals surface area contributed by atoms with Gasteiger partial charge in [-0.1, -0.05) is 6.07 Å². The third-order valence-corrected chi connectivity index (χ3v) is 5.32. The second kappa shape index (κ2) is 7.35. The molecule has 28 heavy (non-hydrogen) atoms. The minimum atomic E-state index is -1.24. The molecule has 1 amide bonds. The number of hydrogen-bond donors (Lipinski definition) is 1. The number of amides is 1. The van der Waals surface area contributed by atoms with Crippen LogP contribution < -0.4 is 15.2 Å². The van der Waals surface area contributed by atoms with Crippen molar-refractivity contribution in [2.45, 2.75) is 24.8 Å². The smallest absolute Gasteiger partial charge is 0.231 e. The van der Waals surface area contributed by atoms with Crippen molar-refractivity contribution in [2.75, 3.05) is 19.9 Å². The largest absolute Gasteiger partial charge is 0.454 e. The van der Waals surface area contributed by atoms with Crippen LogP contribution in [-0.4, -0.2) is 36.7 Å². The predicted molar refractivity (Wildman–Crippen MR) is 93.2 cm³/mol. The summed E-state index contributed by atoms with van der Waals surface area (Å²) < 4.78 is 51.5. The molecule has 2 aromatic carbocycles. The molecule has 4 rings (SSSR count). The summed E-state index contributed by atoms with van der Waals surface area (Å²) >= 11 is 0. The van der Waals surface area contributed by atoms with Gasteiger partial charge in [-0.15, -0.1) is 0 Å². The Bertz CT molecular complexity index is 922. The van der Waals surface area contributed by atoms with Crippen LogP contribution in [0.1, 0.15) is 23.5 Å². The first kappa shape index (κ1) is 18.6. The molecule has 2 aromatic rings. The highest BCUT2D eigenvalue weighted by molar-refractivity contribution is 5.78. The maximum atomic E-state index is 14.1. The lowest BCUT2D eigenvalue weighted by molar-refractivity contribution is -0.429. The minimum Gasteiger partial charge on any atom is -0.454 e. The fourth-order valence-corrected chi connectivity index (χ4v) is 3.76. The Morgan fingerprint density at radius 2 is 1.79 bits per heavy atom. The summed E-state index contributed by atoms with van der Waals surface area (Å²) in [6, 6.07) is 6.67. The van der Waals surface area contributed by atoms with Gasteiger partial charge in [0, 0.05) is 30.5 Å². The molecule has 0 saturated carbocycles.